The van der Waals surface area contributed by atoms with Gasteiger partial charge in [-0.1, -0.05) is 66.7 Å². The number of thioether (sulfide) groups is 1. The van der Waals surface area contributed by atoms with Crippen LogP contribution in [0.15, 0.2) is 83.8 Å². The Bertz CT molecular complexity index is 1020. The molecule has 1 aliphatic rings. The summed E-state index contributed by atoms with van der Waals surface area (Å²) in [6.07, 6.45) is -0.758. The van der Waals surface area contributed by atoms with Crippen molar-refractivity contribution < 1.29 is 19.4 Å². The Morgan fingerprint density at radius 1 is 0.903 bits per heavy atom. The van der Waals surface area contributed by atoms with Crippen LogP contribution in [0.2, 0.25) is 0 Å². The van der Waals surface area contributed by atoms with Crippen molar-refractivity contribution in [2.45, 2.75) is 23.3 Å². The van der Waals surface area contributed by atoms with Gasteiger partial charge in [-0.3, -0.25) is 4.79 Å². The molecule has 0 aliphatic heterocycles. The van der Waals surface area contributed by atoms with E-state index >= 15 is 0 Å². The molecule has 0 unspecified atom stereocenters. The minimum absolute atomic E-state index is 0.0326. The summed E-state index contributed by atoms with van der Waals surface area (Å²) in [4.78, 5) is 24.8. The first kappa shape index (κ1) is 21.0. The van der Waals surface area contributed by atoms with Gasteiger partial charge in [-0.2, -0.15) is 0 Å². The van der Waals surface area contributed by atoms with Crippen LogP contribution in [0.3, 0.4) is 0 Å². The van der Waals surface area contributed by atoms with Gasteiger partial charge >= 0.3 is 12.1 Å². The van der Waals surface area contributed by atoms with Crippen molar-refractivity contribution in [1.29, 1.82) is 0 Å². The van der Waals surface area contributed by atoms with E-state index in [4.69, 9.17) is 4.74 Å². The predicted octanol–water partition coefficient (Wildman–Crippen LogP) is 5.16. The van der Waals surface area contributed by atoms with Gasteiger partial charge in [-0.05, 0) is 34.4 Å². The van der Waals surface area contributed by atoms with Crippen LogP contribution in [0.1, 0.15) is 23.5 Å². The second-order valence-electron chi connectivity index (χ2n) is 7.39. The maximum atomic E-state index is 12.5. The molecule has 0 spiro atoms. The molecule has 3 aromatic carbocycles. The zero-order valence-electron chi connectivity index (χ0n) is 16.9. The number of hydrogen-bond donors (Lipinski definition) is 2. The first-order valence-electron chi connectivity index (χ1n) is 10.1. The maximum absolute atomic E-state index is 12.5. The molecule has 2 N–H and O–H groups in total. The number of nitrogens with one attached hydrogen (secondary N) is 1. The van der Waals surface area contributed by atoms with Crippen molar-refractivity contribution in [1.82, 2.24) is 5.32 Å². The summed E-state index contributed by atoms with van der Waals surface area (Å²) in [6.45, 7) is 0.200. The van der Waals surface area contributed by atoms with Crippen LogP contribution in [0.5, 0.6) is 0 Å². The summed E-state index contributed by atoms with van der Waals surface area (Å²) in [7, 11) is 0. The first-order valence-corrected chi connectivity index (χ1v) is 11.1. The fourth-order valence-corrected chi connectivity index (χ4v) is 4.83. The van der Waals surface area contributed by atoms with E-state index in [2.05, 4.69) is 29.6 Å². The van der Waals surface area contributed by atoms with Crippen LogP contribution in [0.25, 0.3) is 11.1 Å². The normalized spacial score (nSPS) is 13.2. The van der Waals surface area contributed by atoms with Gasteiger partial charge in [0, 0.05) is 16.6 Å². The fourth-order valence-electron chi connectivity index (χ4n) is 3.88. The highest BCUT2D eigenvalue weighted by molar-refractivity contribution is 7.99. The average molecular weight is 434 g/mol. The second kappa shape index (κ2) is 9.71. The summed E-state index contributed by atoms with van der Waals surface area (Å²) in [5.74, 6) is -0.548. The van der Waals surface area contributed by atoms with Gasteiger partial charge in [0.2, 0.25) is 0 Å². The molecule has 1 atom stereocenters. The largest absolute Gasteiger partial charge is 0.481 e. The summed E-state index contributed by atoms with van der Waals surface area (Å²) in [6, 6.07) is 25.4. The monoisotopic (exact) mass is 433 g/mol. The topological polar surface area (TPSA) is 75.6 Å². The minimum atomic E-state index is -0.961. The molecular weight excluding hydrogens is 410 g/mol. The number of ether oxygens (including phenoxy) is 1. The Kier molecular flexibility index (Phi) is 6.57. The third-order valence-electron chi connectivity index (χ3n) is 5.28. The Morgan fingerprint density at radius 2 is 1.48 bits per heavy atom. The lowest BCUT2D eigenvalue weighted by molar-refractivity contribution is -0.137. The van der Waals surface area contributed by atoms with E-state index in [-0.39, 0.29) is 18.9 Å². The second-order valence-corrected chi connectivity index (χ2v) is 8.48. The van der Waals surface area contributed by atoms with Crippen LogP contribution in [-0.2, 0) is 9.53 Å². The minimum Gasteiger partial charge on any atom is -0.481 e. The molecule has 6 heteroatoms. The van der Waals surface area contributed by atoms with Crippen molar-refractivity contribution in [3.05, 3.63) is 90.0 Å². The molecule has 1 amide bonds. The molecule has 5 nitrogen and oxygen atoms in total. The molecule has 0 radical (unpaired) electrons. The number of fused-ring (bicyclic) bond motifs is 3. The Hall–Kier alpha value is -3.25. The number of carbonyl (C=O) groups is 2. The number of alkyl carbamates (subject to hydrolysis) is 1. The molecule has 158 valence electrons. The molecule has 31 heavy (non-hydrogen) atoms. The summed E-state index contributed by atoms with van der Waals surface area (Å²) in [5, 5.41) is 11.9. The van der Waals surface area contributed by atoms with E-state index in [1.165, 1.54) is 11.8 Å². The van der Waals surface area contributed by atoms with Gasteiger partial charge in [-0.25, -0.2) is 4.79 Å². The van der Waals surface area contributed by atoms with Gasteiger partial charge in [-0.15, -0.1) is 11.8 Å². The van der Waals surface area contributed by atoms with E-state index in [0.717, 1.165) is 27.1 Å². The Balaban J connectivity index is 1.38. The van der Waals surface area contributed by atoms with Gasteiger partial charge in [0.25, 0.3) is 0 Å². The molecule has 0 aromatic heterocycles. The number of rotatable bonds is 8. The summed E-state index contributed by atoms with van der Waals surface area (Å²) >= 11 is 1.50. The van der Waals surface area contributed by atoms with E-state index in [0.29, 0.717) is 5.75 Å². The van der Waals surface area contributed by atoms with Crippen molar-refractivity contribution in [2.75, 3.05) is 12.4 Å². The summed E-state index contributed by atoms with van der Waals surface area (Å²) in [5.41, 5.74) is 4.60. The fraction of sp³-hybridized carbons (Fsp3) is 0.200. The van der Waals surface area contributed by atoms with E-state index in [9.17, 15) is 14.7 Å². The average Bonchev–Trinajstić information content (AvgIpc) is 3.10. The smallest absolute Gasteiger partial charge is 0.407 e. The molecule has 1 aliphatic carbocycles. The molecule has 0 saturated carbocycles. The number of benzene rings is 3. The Labute approximate surface area is 185 Å². The first-order chi connectivity index (χ1) is 15.1. The third-order valence-corrected chi connectivity index (χ3v) is 6.46. The number of carbonyl (C=O) groups excluding carboxylic acids is 1. The van der Waals surface area contributed by atoms with Gasteiger partial charge in [0.05, 0.1) is 12.5 Å². The van der Waals surface area contributed by atoms with Gasteiger partial charge < -0.3 is 15.2 Å². The highest BCUT2D eigenvalue weighted by Gasteiger charge is 2.29. The lowest BCUT2D eigenvalue weighted by atomic mass is 9.98. The van der Waals surface area contributed by atoms with Crippen LogP contribution >= 0.6 is 11.8 Å². The Morgan fingerprint density at radius 3 is 2.10 bits per heavy atom. The van der Waals surface area contributed by atoms with Crippen molar-refractivity contribution in [3.8, 4) is 11.1 Å². The molecule has 3 aromatic rings. The number of amides is 1. The molecular formula is C25H23NO4S. The lowest BCUT2D eigenvalue weighted by Crippen LogP contribution is -2.39. The number of hydrogen-bond acceptors (Lipinski definition) is 4. The van der Waals surface area contributed by atoms with Crippen LogP contribution < -0.4 is 5.32 Å². The molecule has 0 fully saturated rings. The summed E-state index contributed by atoms with van der Waals surface area (Å²) < 4.78 is 5.55. The molecule has 0 saturated heterocycles. The van der Waals surface area contributed by atoms with Crippen LogP contribution in [-0.4, -0.2) is 35.6 Å². The van der Waals surface area contributed by atoms with Crippen LogP contribution in [0, 0.1) is 0 Å². The highest BCUT2D eigenvalue weighted by atomic mass is 32.2. The van der Waals surface area contributed by atoms with E-state index in [1.807, 2.05) is 54.6 Å². The zero-order chi connectivity index (χ0) is 21.6. The molecule has 4 rings (SSSR count). The van der Waals surface area contributed by atoms with Crippen molar-refractivity contribution in [2.24, 2.45) is 0 Å². The zero-order valence-corrected chi connectivity index (χ0v) is 17.7. The number of aliphatic carboxylic acids is 1. The lowest BCUT2D eigenvalue weighted by Gasteiger charge is -2.18. The quantitative estimate of drug-likeness (QED) is 0.480. The van der Waals surface area contributed by atoms with Crippen LogP contribution in [0.4, 0.5) is 4.79 Å². The SMILES string of the molecule is O=C(O)C[C@H](CSc1ccccc1)NC(=O)OCC1c2ccccc2-c2ccccc21. The predicted molar refractivity (Wildman–Crippen MR) is 121 cm³/mol. The van der Waals surface area contributed by atoms with Crippen molar-refractivity contribution >= 4 is 23.8 Å². The van der Waals surface area contributed by atoms with E-state index in [1.54, 1.807) is 0 Å². The molecule has 0 heterocycles. The number of carboxylic acids is 1. The van der Waals surface area contributed by atoms with Gasteiger partial charge in [0.1, 0.15) is 6.61 Å². The standard InChI is InChI=1S/C25H23NO4S/c27-24(28)14-17(16-31-18-8-2-1-3-9-18)26-25(29)30-15-23-21-12-6-4-10-19(21)20-11-5-7-13-22(20)23/h1-13,17,23H,14-16H2,(H,26,29)(H,27,28)/t17-/m1/s1. The molecule has 0 bridgehead atoms. The third kappa shape index (κ3) is 5.09. The maximum Gasteiger partial charge on any atom is 0.407 e. The van der Waals surface area contributed by atoms with Crippen molar-refractivity contribution in [3.63, 3.8) is 0 Å². The van der Waals surface area contributed by atoms with E-state index < -0.39 is 18.1 Å². The van der Waals surface area contributed by atoms with Gasteiger partial charge in [0.15, 0.2) is 0 Å². The number of carboxylic acid groups (broad SMARTS) is 1. The highest BCUT2D eigenvalue weighted by Crippen LogP contribution is 2.44.